The molecule has 0 aliphatic rings. The van der Waals surface area contributed by atoms with Crippen molar-refractivity contribution >= 4 is 5.78 Å². The molecule has 0 bridgehead atoms. The molecule has 0 heterocycles. The Morgan fingerprint density at radius 1 is 0.667 bits per heavy atom. The predicted octanol–water partition coefficient (Wildman–Crippen LogP) is 9.92. The SMILES string of the molecule is C=C(C)C(=O)C(CCCCCCCC)C(CCC)(CCCCCCCCCC)C(OC)=C(OC)OC. The summed E-state index contributed by atoms with van der Waals surface area (Å²) in [6.45, 7) is 12.6. The van der Waals surface area contributed by atoms with Crippen LogP contribution in [0.25, 0.3) is 0 Å². The molecule has 0 aromatic carbocycles. The smallest absolute Gasteiger partial charge is 0.318 e. The zero-order valence-electron chi connectivity index (χ0n) is 25.1. The summed E-state index contributed by atoms with van der Waals surface area (Å²) in [6, 6.07) is 0. The lowest BCUT2D eigenvalue weighted by Crippen LogP contribution is -2.40. The van der Waals surface area contributed by atoms with Gasteiger partial charge in [-0.05, 0) is 31.8 Å². The van der Waals surface area contributed by atoms with Gasteiger partial charge in [-0.3, -0.25) is 4.79 Å². The third kappa shape index (κ3) is 12.2. The predicted molar refractivity (Wildman–Crippen MR) is 154 cm³/mol. The minimum absolute atomic E-state index is 0.165. The van der Waals surface area contributed by atoms with Crippen molar-refractivity contribution in [3.8, 4) is 0 Å². The van der Waals surface area contributed by atoms with Gasteiger partial charge in [0.05, 0.1) is 21.3 Å². The number of carbonyl (C=O) groups is 1. The highest BCUT2D eigenvalue weighted by molar-refractivity contribution is 5.96. The molecule has 0 saturated heterocycles. The molecule has 4 nitrogen and oxygen atoms in total. The van der Waals surface area contributed by atoms with E-state index in [0.717, 1.165) is 44.9 Å². The molecule has 2 atom stereocenters. The van der Waals surface area contributed by atoms with E-state index in [1.807, 2.05) is 6.92 Å². The highest BCUT2D eigenvalue weighted by atomic mass is 16.7. The van der Waals surface area contributed by atoms with E-state index >= 15 is 0 Å². The van der Waals surface area contributed by atoms with Gasteiger partial charge in [-0.2, -0.15) is 0 Å². The first-order valence-electron chi connectivity index (χ1n) is 15.0. The molecule has 0 N–H and O–H groups in total. The van der Waals surface area contributed by atoms with Gasteiger partial charge in [0.1, 0.15) is 0 Å². The summed E-state index contributed by atoms with van der Waals surface area (Å²) in [5.41, 5.74) is 0.182. The number of unbranched alkanes of at least 4 members (excludes halogenated alkanes) is 12. The third-order valence-corrected chi connectivity index (χ3v) is 7.64. The number of rotatable bonds is 25. The number of carbonyl (C=O) groups excluding carboxylic acids is 1. The fourth-order valence-corrected chi connectivity index (χ4v) is 5.72. The standard InChI is InChI=1S/C32H60O4/c1-9-12-14-16-18-19-21-23-26-32(25-11-3,30(34-6)31(35-7)36-8)28(29(33)27(4)5)24-22-20-17-15-13-10-2/h28H,4,9-26H2,1-3,5-8H3. The van der Waals surface area contributed by atoms with E-state index in [4.69, 9.17) is 14.2 Å². The molecule has 0 aliphatic heterocycles. The van der Waals surface area contributed by atoms with Crippen LogP contribution in [0.5, 0.6) is 0 Å². The molecule has 0 amide bonds. The van der Waals surface area contributed by atoms with Gasteiger partial charge in [0, 0.05) is 11.3 Å². The van der Waals surface area contributed by atoms with E-state index in [9.17, 15) is 4.79 Å². The van der Waals surface area contributed by atoms with Crippen molar-refractivity contribution in [3.63, 3.8) is 0 Å². The molecule has 0 aromatic heterocycles. The summed E-state index contributed by atoms with van der Waals surface area (Å²) in [6.07, 6.45) is 20.9. The largest absolute Gasteiger partial charge is 0.493 e. The van der Waals surface area contributed by atoms with Crippen LogP contribution >= 0.6 is 0 Å². The minimum Gasteiger partial charge on any atom is -0.493 e. The van der Waals surface area contributed by atoms with Crippen LogP contribution < -0.4 is 0 Å². The number of ketones is 1. The van der Waals surface area contributed by atoms with Crippen molar-refractivity contribution < 1.29 is 19.0 Å². The maximum Gasteiger partial charge on any atom is 0.318 e. The lowest BCUT2D eigenvalue weighted by molar-refractivity contribution is -0.125. The Bertz CT molecular complexity index is 603. The van der Waals surface area contributed by atoms with Gasteiger partial charge >= 0.3 is 5.95 Å². The van der Waals surface area contributed by atoms with Crippen LogP contribution in [0.4, 0.5) is 0 Å². The second-order valence-electron chi connectivity index (χ2n) is 10.6. The second-order valence-corrected chi connectivity index (χ2v) is 10.6. The first-order chi connectivity index (χ1) is 17.4. The Hall–Kier alpha value is -1.45. The molecule has 0 aliphatic carbocycles. The molecule has 0 rings (SSSR count). The summed E-state index contributed by atoms with van der Waals surface area (Å²) >= 11 is 0. The fourth-order valence-electron chi connectivity index (χ4n) is 5.72. The highest BCUT2D eigenvalue weighted by Gasteiger charge is 2.48. The number of hydrogen-bond donors (Lipinski definition) is 0. The Balaban J connectivity index is 5.98. The van der Waals surface area contributed by atoms with Crippen molar-refractivity contribution in [2.24, 2.45) is 11.3 Å². The van der Waals surface area contributed by atoms with Gasteiger partial charge in [0.2, 0.25) is 0 Å². The van der Waals surface area contributed by atoms with Gasteiger partial charge in [-0.15, -0.1) is 0 Å². The van der Waals surface area contributed by atoms with E-state index in [0.29, 0.717) is 17.3 Å². The van der Waals surface area contributed by atoms with E-state index in [2.05, 4.69) is 27.4 Å². The van der Waals surface area contributed by atoms with Crippen molar-refractivity contribution in [3.05, 3.63) is 23.9 Å². The van der Waals surface area contributed by atoms with Crippen LogP contribution in [0.1, 0.15) is 143 Å². The Morgan fingerprint density at radius 2 is 1.14 bits per heavy atom. The van der Waals surface area contributed by atoms with E-state index in [-0.39, 0.29) is 11.7 Å². The Morgan fingerprint density at radius 3 is 1.56 bits per heavy atom. The maximum atomic E-state index is 13.7. The topological polar surface area (TPSA) is 44.8 Å². The zero-order chi connectivity index (χ0) is 27.2. The summed E-state index contributed by atoms with van der Waals surface area (Å²) in [4.78, 5) is 13.7. The fraction of sp³-hybridized carbons (Fsp3) is 0.844. The number of allylic oxidation sites excluding steroid dienone is 2. The molecular weight excluding hydrogens is 448 g/mol. The van der Waals surface area contributed by atoms with Crippen LogP contribution in [0.3, 0.4) is 0 Å². The van der Waals surface area contributed by atoms with Crippen LogP contribution in [0.2, 0.25) is 0 Å². The lowest BCUT2D eigenvalue weighted by Gasteiger charge is -2.41. The zero-order valence-corrected chi connectivity index (χ0v) is 25.1. The molecule has 2 unspecified atom stereocenters. The van der Waals surface area contributed by atoms with Crippen LogP contribution in [0.15, 0.2) is 23.9 Å². The summed E-state index contributed by atoms with van der Waals surface area (Å²) in [7, 11) is 4.93. The van der Waals surface area contributed by atoms with Gasteiger partial charge in [-0.25, -0.2) is 0 Å². The van der Waals surface area contributed by atoms with Crippen LogP contribution in [-0.4, -0.2) is 27.1 Å². The number of hydrogen-bond acceptors (Lipinski definition) is 4. The minimum atomic E-state index is -0.452. The average molecular weight is 509 g/mol. The molecule has 0 radical (unpaired) electrons. The van der Waals surface area contributed by atoms with E-state index in [1.54, 1.807) is 21.3 Å². The summed E-state index contributed by atoms with van der Waals surface area (Å²) in [5, 5.41) is 0. The molecule has 4 heteroatoms. The lowest BCUT2D eigenvalue weighted by atomic mass is 9.63. The second kappa shape index (κ2) is 21.6. The molecule has 36 heavy (non-hydrogen) atoms. The van der Waals surface area contributed by atoms with Crippen LogP contribution in [0, 0.1) is 11.3 Å². The normalized spacial score (nSPS) is 13.5. The molecule has 0 aromatic rings. The Labute approximate surface area is 224 Å². The van der Waals surface area contributed by atoms with E-state index < -0.39 is 5.41 Å². The molecule has 0 fully saturated rings. The van der Waals surface area contributed by atoms with Gasteiger partial charge < -0.3 is 14.2 Å². The van der Waals surface area contributed by atoms with Crippen molar-refractivity contribution in [2.45, 2.75) is 143 Å². The Kier molecular flexibility index (Phi) is 20.7. The number of methoxy groups -OCH3 is 3. The third-order valence-electron chi connectivity index (χ3n) is 7.64. The maximum absolute atomic E-state index is 13.7. The first kappa shape index (κ1) is 34.6. The molecule has 0 spiro atoms. The van der Waals surface area contributed by atoms with Gasteiger partial charge in [-0.1, -0.05) is 124 Å². The highest BCUT2D eigenvalue weighted by Crippen LogP contribution is 2.50. The average Bonchev–Trinajstić information content (AvgIpc) is 2.87. The quantitative estimate of drug-likeness (QED) is 0.0699. The summed E-state index contributed by atoms with van der Waals surface area (Å²) < 4.78 is 17.3. The summed E-state index contributed by atoms with van der Waals surface area (Å²) in [5.74, 6) is 1.08. The first-order valence-corrected chi connectivity index (χ1v) is 15.0. The van der Waals surface area contributed by atoms with Crippen molar-refractivity contribution in [2.75, 3.05) is 21.3 Å². The van der Waals surface area contributed by atoms with Gasteiger partial charge in [0.15, 0.2) is 11.5 Å². The molecular formula is C32H60O4. The number of Topliss-reactive ketones (excluding diaryl/α,β-unsaturated/α-hetero) is 1. The van der Waals surface area contributed by atoms with Gasteiger partial charge in [0.25, 0.3) is 0 Å². The monoisotopic (exact) mass is 508 g/mol. The van der Waals surface area contributed by atoms with Crippen LogP contribution in [-0.2, 0) is 19.0 Å². The molecule has 0 saturated carbocycles. The number of ether oxygens (including phenoxy) is 3. The molecule has 212 valence electrons. The van der Waals surface area contributed by atoms with Crippen molar-refractivity contribution in [1.29, 1.82) is 0 Å². The van der Waals surface area contributed by atoms with Crippen molar-refractivity contribution in [1.82, 2.24) is 0 Å². The van der Waals surface area contributed by atoms with E-state index in [1.165, 1.54) is 70.6 Å².